The van der Waals surface area contributed by atoms with Crippen molar-refractivity contribution in [3.8, 4) is 5.75 Å². The first-order valence-corrected chi connectivity index (χ1v) is 6.48. The van der Waals surface area contributed by atoms with E-state index in [1.54, 1.807) is 4.68 Å². The van der Waals surface area contributed by atoms with E-state index in [-0.39, 0.29) is 0 Å². The molecule has 1 aromatic carbocycles. The van der Waals surface area contributed by atoms with E-state index >= 15 is 0 Å². The average Bonchev–Trinajstić information content (AvgIpc) is 2.85. The topological polar surface area (TPSA) is 52.0 Å². The second-order valence-electron chi connectivity index (χ2n) is 4.49. The molecule has 0 amide bonds. The molecule has 1 heterocycles. The summed E-state index contributed by atoms with van der Waals surface area (Å²) in [5.74, 6) is 0.848. The quantitative estimate of drug-likeness (QED) is 0.864. The Morgan fingerprint density at radius 1 is 1.32 bits per heavy atom. The first-order chi connectivity index (χ1) is 9.22. The van der Waals surface area contributed by atoms with Gasteiger partial charge in [-0.25, -0.2) is 0 Å². The van der Waals surface area contributed by atoms with E-state index in [1.807, 2.05) is 32.4 Å². The van der Waals surface area contributed by atoms with Crippen molar-refractivity contribution in [3.63, 3.8) is 0 Å². The van der Waals surface area contributed by atoms with Crippen molar-refractivity contribution in [2.24, 2.45) is 7.05 Å². The molecule has 19 heavy (non-hydrogen) atoms. The van der Waals surface area contributed by atoms with Gasteiger partial charge in [0.15, 0.2) is 0 Å². The largest absolute Gasteiger partial charge is 0.487 e. The summed E-state index contributed by atoms with van der Waals surface area (Å²) in [5.41, 5.74) is 2.10. The fraction of sp³-hybridized carbons (Fsp3) is 0.429. The molecule has 2 aromatic rings. The number of rotatable bonds is 6. The molecule has 2 rings (SSSR count). The zero-order chi connectivity index (χ0) is 13.7. The minimum atomic E-state index is 0.397. The Morgan fingerprint density at radius 3 is 2.58 bits per heavy atom. The highest BCUT2D eigenvalue weighted by atomic mass is 16.5. The van der Waals surface area contributed by atoms with E-state index in [0.717, 1.165) is 17.9 Å². The summed E-state index contributed by atoms with van der Waals surface area (Å²) in [5, 5.41) is 11.1. The van der Waals surface area contributed by atoms with Crippen LogP contribution in [0.15, 0.2) is 30.5 Å². The number of hydrogen-bond acceptors (Lipinski definition) is 4. The molecule has 1 unspecified atom stereocenters. The maximum atomic E-state index is 5.67. The van der Waals surface area contributed by atoms with Crippen molar-refractivity contribution in [3.05, 3.63) is 41.7 Å². The summed E-state index contributed by atoms with van der Waals surface area (Å²) in [6.07, 6.45) is 2.92. The Balaban J connectivity index is 1.95. The van der Waals surface area contributed by atoms with Crippen molar-refractivity contribution in [1.29, 1.82) is 0 Å². The van der Waals surface area contributed by atoms with Crippen molar-refractivity contribution in [2.45, 2.75) is 26.0 Å². The number of nitrogens with one attached hydrogen (secondary N) is 1. The Labute approximate surface area is 113 Å². The lowest BCUT2D eigenvalue weighted by molar-refractivity contribution is 0.301. The summed E-state index contributed by atoms with van der Waals surface area (Å²) >= 11 is 0. The fourth-order valence-electron chi connectivity index (χ4n) is 2.02. The predicted octanol–water partition coefficient (Wildman–Crippen LogP) is 2.06. The van der Waals surface area contributed by atoms with E-state index in [4.69, 9.17) is 4.74 Å². The molecule has 1 N–H and O–H groups in total. The molecule has 0 aliphatic heterocycles. The van der Waals surface area contributed by atoms with Gasteiger partial charge in [-0.15, -0.1) is 5.10 Å². The summed E-state index contributed by atoms with van der Waals surface area (Å²) in [6.45, 7) is 2.61. The van der Waals surface area contributed by atoms with Crippen LogP contribution in [0.4, 0.5) is 0 Å². The van der Waals surface area contributed by atoms with Gasteiger partial charge in [-0.3, -0.25) is 4.68 Å². The minimum Gasteiger partial charge on any atom is -0.487 e. The molecule has 0 fully saturated rings. The number of hydrogen-bond donors (Lipinski definition) is 1. The van der Waals surface area contributed by atoms with E-state index in [0.29, 0.717) is 12.6 Å². The maximum Gasteiger partial charge on any atom is 0.134 e. The Bertz CT molecular complexity index is 502. The standard InChI is InChI=1S/C14H20N4O/c1-4-14(15-2)11-5-7-13(8-6-11)19-10-12-9-18(3)17-16-12/h5-9,14-15H,4,10H2,1-3H3. The van der Waals surface area contributed by atoms with Gasteiger partial charge < -0.3 is 10.1 Å². The third-order valence-electron chi connectivity index (χ3n) is 3.08. The van der Waals surface area contributed by atoms with Crippen molar-refractivity contribution in [2.75, 3.05) is 7.05 Å². The third kappa shape index (κ3) is 3.54. The van der Waals surface area contributed by atoms with E-state index in [9.17, 15) is 0 Å². The van der Waals surface area contributed by atoms with Gasteiger partial charge in [0.1, 0.15) is 18.1 Å². The smallest absolute Gasteiger partial charge is 0.134 e. The van der Waals surface area contributed by atoms with Gasteiger partial charge in [0.2, 0.25) is 0 Å². The average molecular weight is 260 g/mol. The van der Waals surface area contributed by atoms with Crippen LogP contribution in [0.5, 0.6) is 5.75 Å². The van der Waals surface area contributed by atoms with Crippen molar-refractivity contribution in [1.82, 2.24) is 20.3 Å². The van der Waals surface area contributed by atoms with E-state index in [2.05, 4.69) is 34.7 Å². The molecule has 1 atom stereocenters. The molecular weight excluding hydrogens is 240 g/mol. The third-order valence-corrected chi connectivity index (χ3v) is 3.08. The molecule has 0 radical (unpaired) electrons. The zero-order valence-electron chi connectivity index (χ0n) is 11.6. The molecule has 0 bridgehead atoms. The second-order valence-corrected chi connectivity index (χ2v) is 4.49. The summed E-state index contributed by atoms with van der Waals surface area (Å²) in [6, 6.07) is 8.57. The van der Waals surface area contributed by atoms with E-state index < -0.39 is 0 Å². The molecular formula is C14H20N4O. The number of benzene rings is 1. The van der Waals surface area contributed by atoms with E-state index in [1.165, 1.54) is 5.56 Å². The fourth-order valence-corrected chi connectivity index (χ4v) is 2.02. The number of ether oxygens (including phenoxy) is 1. The van der Waals surface area contributed by atoms with Gasteiger partial charge in [0.25, 0.3) is 0 Å². The molecule has 1 aromatic heterocycles. The highest BCUT2D eigenvalue weighted by Gasteiger charge is 2.06. The molecule has 0 saturated carbocycles. The summed E-state index contributed by atoms with van der Waals surface area (Å²) < 4.78 is 7.34. The summed E-state index contributed by atoms with van der Waals surface area (Å²) in [7, 11) is 3.82. The highest BCUT2D eigenvalue weighted by Crippen LogP contribution is 2.20. The van der Waals surface area contributed by atoms with Crippen LogP contribution in [-0.2, 0) is 13.7 Å². The maximum absolute atomic E-state index is 5.67. The lowest BCUT2D eigenvalue weighted by Gasteiger charge is -2.14. The number of nitrogens with zero attached hydrogens (tertiary/aromatic N) is 3. The monoisotopic (exact) mass is 260 g/mol. The second kappa shape index (κ2) is 6.33. The molecule has 0 spiro atoms. The van der Waals surface area contributed by atoms with Crippen LogP contribution in [0, 0.1) is 0 Å². The van der Waals surface area contributed by atoms with Gasteiger partial charge in [0.05, 0.1) is 6.20 Å². The molecule has 5 nitrogen and oxygen atoms in total. The SMILES string of the molecule is CCC(NC)c1ccc(OCc2cn(C)nn2)cc1. The molecule has 5 heteroatoms. The van der Waals surface area contributed by atoms with Crippen LogP contribution in [0.25, 0.3) is 0 Å². The van der Waals surface area contributed by atoms with Crippen LogP contribution in [0.2, 0.25) is 0 Å². The predicted molar refractivity (Wildman–Crippen MR) is 73.9 cm³/mol. The van der Waals surface area contributed by atoms with Crippen LogP contribution in [-0.4, -0.2) is 22.0 Å². The Kier molecular flexibility index (Phi) is 4.52. The number of aromatic nitrogens is 3. The lowest BCUT2D eigenvalue weighted by Crippen LogP contribution is -2.14. The molecule has 102 valence electrons. The molecule has 0 aliphatic rings. The van der Waals surface area contributed by atoms with Gasteiger partial charge in [-0.1, -0.05) is 24.3 Å². The van der Waals surface area contributed by atoms with Gasteiger partial charge >= 0.3 is 0 Å². The van der Waals surface area contributed by atoms with Crippen LogP contribution < -0.4 is 10.1 Å². The van der Waals surface area contributed by atoms with Crippen molar-refractivity contribution < 1.29 is 4.74 Å². The van der Waals surface area contributed by atoms with Crippen LogP contribution in [0.3, 0.4) is 0 Å². The molecule has 0 aliphatic carbocycles. The Hall–Kier alpha value is -1.88. The Morgan fingerprint density at radius 2 is 2.05 bits per heavy atom. The zero-order valence-corrected chi connectivity index (χ0v) is 11.6. The van der Waals surface area contributed by atoms with Gasteiger partial charge in [-0.2, -0.15) is 0 Å². The van der Waals surface area contributed by atoms with Crippen LogP contribution in [0.1, 0.15) is 30.6 Å². The van der Waals surface area contributed by atoms with Crippen molar-refractivity contribution >= 4 is 0 Å². The lowest BCUT2D eigenvalue weighted by atomic mass is 10.1. The van der Waals surface area contributed by atoms with Gasteiger partial charge in [0, 0.05) is 13.1 Å². The first-order valence-electron chi connectivity index (χ1n) is 6.48. The van der Waals surface area contributed by atoms with Crippen LogP contribution >= 0.6 is 0 Å². The first kappa shape index (κ1) is 13.5. The summed E-state index contributed by atoms with van der Waals surface area (Å²) in [4.78, 5) is 0. The number of aryl methyl sites for hydroxylation is 1. The minimum absolute atomic E-state index is 0.397. The van der Waals surface area contributed by atoms with Gasteiger partial charge in [-0.05, 0) is 31.2 Å². The normalized spacial score (nSPS) is 12.4. The molecule has 0 saturated heterocycles. The highest BCUT2D eigenvalue weighted by molar-refractivity contribution is 5.29.